The molecule has 8 nitrogen and oxygen atoms in total. The third-order valence-corrected chi connectivity index (χ3v) is 6.90. The molecule has 1 N–H and O–H groups in total. The van der Waals surface area contributed by atoms with Crippen LogP contribution in [0.2, 0.25) is 0 Å². The second-order valence-electron chi connectivity index (χ2n) is 10.0. The smallest absolute Gasteiger partial charge is 0.253 e. The number of para-hydroxylation sites is 2. The average molecular weight is 491 g/mol. The molecule has 8 heteroatoms. The number of hydrogen-bond donors (Lipinski definition) is 1. The summed E-state index contributed by atoms with van der Waals surface area (Å²) in [4.78, 5) is 56.9. The average Bonchev–Trinajstić information content (AvgIpc) is 2.96. The fraction of sp³-hybridized carbons (Fsp3) is 0.429. The molecule has 0 aliphatic carbocycles. The van der Waals surface area contributed by atoms with Gasteiger partial charge in [-0.25, -0.2) is 0 Å². The number of nitrogens with one attached hydrogen (secondary N) is 1. The first-order chi connectivity index (χ1) is 17.1. The normalized spacial score (nSPS) is 19.7. The van der Waals surface area contributed by atoms with Crippen molar-refractivity contribution < 1.29 is 19.2 Å². The van der Waals surface area contributed by atoms with Gasteiger partial charge in [-0.2, -0.15) is 0 Å². The lowest BCUT2D eigenvalue weighted by molar-refractivity contribution is -0.138. The second-order valence-corrected chi connectivity index (χ2v) is 10.0. The van der Waals surface area contributed by atoms with Gasteiger partial charge in [0.05, 0.1) is 23.8 Å². The Morgan fingerprint density at radius 1 is 1.08 bits per heavy atom. The van der Waals surface area contributed by atoms with Crippen molar-refractivity contribution in [2.24, 2.45) is 5.92 Å². The molecule has 1 fully saturated rings. The zero-order chi connectivity index (χ0) is 26.0. The largest absolute Gasteiger partial charge is 0.338 e. The van der Waals surface area contributed by atoms with Crippen LogP contribution in [0, 0.1) is 19.8 Å². The highest BCUT2D eigenvalue weighted by molar-refractivity contribution is 6.05. The fourth-order valence-electron chi connectivity index (χ4n) is 5.28. The number of anilines is 2. The van der Waals surface area contributed by atoms with Crippen LogP contribution in [-0.4, -0.2) is 66.2 Å². The molecular formula is C28H34N4O4. The molecule has 2 unspecified atom stereocenters. The molecule has 0 saturated carbocycles. The highest BCUT2D eigenvalue weighted by Gasteiger charge is 2.34. The van der Waals surface area contributed by atoms with Crippen molar-refractivity contribution in [3.8, 4) is 0 Å². The van der Waals surface area contributed by atoms with Gasteiger partial charge in [-0.15, -0.1) is 0 Å². The van der Waals surface area contributed by atoms with Crippen LogP contribution in [0.4, 0.5) is 11.4 Å². The van der Waals surface area contributed by atoms with Gasteiger partial charge in [0.2, 0.25) is 17.7 Å². The van der Waals surface area contributed by atoms with Gasteiger partial charge >= 0.3 is 0 Å². The zero-order valence-corrected chi connectivity index (χ0v) is 21.4. The van der Waals surface area contributed by atoms with E-state index in [9.17, 15) is 19.2 Å². The summed E-state index contributed by atoms with van der Waals surface area (Å²) in [6.45, 7) is 6.61. The van der Waals surface area contributed by atoms with Crippen LogP contribution >= 0.6 is 0 Å². The van der Waals surface area contributed by atoms with E-state index in [0.717, 1.165) is 17.5 Å². The Morgan fingerprint density at radius 3 is 2.50 bits per heavy atom. The standard InChI is InChI=1S/C28H34N4O4/c1-18-12-19(2)14-22(13-18)28(36)31-11-7-8-21(16-31)27(35)30(4)17-26(34)32-20(3)15-25(33)29-23-9-5-6-10-24(23)32/h5-6,9-10,12-14,20-21H,7-8,11,15-17H2,1-4H3,(H,29,33). The molecule has 0 radical (unpaired) electrons. The molecule has 190 valence electrons. The molecule has 36 heavy (non-hydrogen) atoms. The minimum absolute atomic E-state index is 0.0646. The number of benzene rings is 2. The van der Waals surface area contributed by atoms with Gasteiger partial charge in [0.25, 0.3) is 5.91 Å². The van der Waals surface area contributed by atoms with E-state index >= 15 is 0 Å². The van der Waals surface area contributed by atoms with E-state index in [1.165, 1.54) is 4.90 Å². The van der Waals surface area contributed by atoms with Crippen molar-refractivity contribution >= 4 is 35.0 Å². The van der Waals surface area contributed by atoms with Crippen molar-refractivity contribution in [2.75, 3.05) is 36.9 Å². The molecule has 1 saturated heterocycles. The molecular weight excluding hydrogens is 456 g/mol. The van der Waals surface area contributed by atoms with Gasteiger partial charge in [-0.3, -0.25) is 19.2 Å². The van der Waals surface area contributed by atoms with E-state index in [2.05, 4.69) is 5.32 Å². The maximum Gasteiger partial charge on any atom is 0.253 e. The van der Waals surface area contributed by atoms with Gasteiger partial charge in [0.15, 0.2) is 0 Å². The Bertz CT molecular complexity index is 1170. The monoisotopic (exact) mass is 490 g/mol. The van der Waals surface area contributed by atoms with Crippen LogP contribution < -0.4 is 10.2 Å². The topological polar surface area (TPSA) is 90.0 Å². The lowest BCUT2D eigenvalue weighted by Gasteiger charge is -2.35. The molecule has 2 aromatic carbocycles. The number of carbonyl (C=O) groups excluding carboxylic acids is 4. The van der Waals surface area contributed by atoms with Gasteiger partial charge in [0.1, 0.15) is 0 Å². The van der Waals surface area contributed by atoms with Crippen molar-refractivity contribution in [1.29, 1.82) is 0 Å². The fourth-order valence-corrected chi connectivity index (χ4v) is 5.28. The second kappa shape index (κ2) is 10.5. The Hall–Kier alpha value is -3.68. The Morgan fingerprint density at radius 2 is 1.78 bits per heavy atom. The Balaban J connectivity index is 1.44. The highest BCUT2D eigenvalue weighted by atomic mass is 16.2. The molecule has 0 aromatic heterocycles. The first-order valence-corrected chi connectivity index (χ1v) is 12.5. The number of likely N-dealkylation sites (tertiary alicyclic amines) is 1. The molecule has 2 atom stereocenters. The van der Waals surface area contributed by atoms with Crippen molar-refractivity contribution in [3.05, 3.63) is 59.2 Å². The Kier molecular flexibility index (Phi) is 7.43. The van der Waals surface area contributed by atoms with E-state index in [0.29, 0.717) is 36.4 Å². The minimum Gasteiger partial charge on any atom is -0.338 e. The van der Waals surface area contributed by atoms with E-state index in [1.54, 1.807) is 29.0 Å². The van der Waals surface area contributed by atoms with Crippen LogP contribution in [0.5, 0.6) is 0 Å². The number of hydrogen-bond acceptors (Lipinski definition) is 4. The number of piperidine rings is 1. The Labute approximate surface area is 212 Å². The van der Waals surface area contributed by atoms with Crippen LogP contribution in [0.3, 0.4) is 0 Å². The summed E-state index contributed by atoms with van der Waals surface area (Å²) < 4.78 is 0. The number of amides is 4. The summed E-state index contributed by atoms with van der Waals surface area (Å²) in [5.41, 5.74) is 3.91. The van der Waals surface area contributed by atoms with Gasteiger partial charge in [-0.05, 0) is 57.9 Å². The van der Waals surface area contributed by atoms with Crippen LogP contribution in [0.15, 0.2) is 42.5 Å². The van der Waals surface area contributed by atoms with Gasteiger partial charge < -0.3 is 20.0 Å². The summed E-state index contributed by atoms with van der Waals surface area (Å²) in [7, 11) is 1.63. The maximum absolute atomic E-state index is 13.4. The predicted molar refractivity (Wildman–Crippen MR) is 139 cm³/mol. The zero-order valence-electron chi connectivity index (χ0n) is 21.4. The molecule has 2 aliphatic rings. The molecule has 0 bridgehead atoms. The number of rotatable bonds is 4. The molecule has 2 heterocycles. The van der Waals surface area contributed by atoms with Crippen LogP contribution in [-0.2, 0) is 14.4 Å². The van der Waals surface area contributed by atoms with E-state index in [4.69, 9.17) is 0 Å². The summed E-state index contributed by atoms with van der Waals surface area (Å²) in [6.07, 6.45) is 1.59. The molecule has 0 spiro atoms. The first kappa shape index (κ1) is 25.4. The third kappa shape index (κ3) is 5.42. The predicted octanol–water partition coefficient (Wildman–Crippen LogP) is 3.38. The summed E-state index contributed by atoms with van der Waals surface area (Å²) in [5, 5.41) is 2.85. The first-order valence-electron chi connectivity index (χ1n) is 12.5. The molecule has 4 amide bonds. The number of nitrogens with zero attached hydrogens (tertiary/aromatic N) is 3. The number of likely N-dealkylation sites (N-methyl/N-ethyl adjacent to an activating group) is 1. The molecule has 2 aromatic rings. The SMILES string of the molecule is Cc1cc(C)cc(C(=O)N2CCCC(C(=O)N(C)CC(=O)N3c4ccccc4NC(=O)CC3C)C2)c1. The lowest BCUT2D eigenvalue weighted by atomic mass is 9.95. The van der Waals surface area contributed by atoms with E-state index < -0.39 is 0 Å². The number of aryl methyl sites for hydroxylation is 2. The van der Waals surface area contributed by atoms with Crippen molar-refractivity contribution in [3.63, 3.8) is 0 Å². The summed E-state index contributed by atoms with van der Waals surface area (Å²) in [5.74, 6) is -0.966. The van der Waals surface area contributed by atoms with Gasteiger partial charge in [0, 0.05) is 38.2 Å². The molecule has 4 rings (SSSR count). The number of fused-ring (bicyclic) bond motifs is 1. The maximum atomic E-state index is 13.4. The van der Waals surface area contributed by atoms with Crippen LogP contribution in [0.25, 0.3) is 0 Å². The van der Waals surface area contributed by atoms with E-state index in [-0.39, 0.29) is 48.6 Å². The quantitative estimate of drug-likeness (QED) is 0.712. The summed E-state index contributed by atoms with van der Waals surface area (Å²) >= 11 is 0. The van der Waals surface area contributed by atoms with Crippen molar-refractivity contribution in [2.45, 2.75) is 46.1 Å². The lowest BCUT2D eigenvalue weighted by Crippen LogP contribution is -2.49. The minimum atomic E-state index is -0.358. The van der Waals surface area contributed by atoms with Crippen molar-refractivity contribution in [1.82, 2.24) is 9.80 Å². The number of carbonyl (C=O) groups is 4. The van der Waals surface area contributed by atoms with Crippen LogP contribution in [0.1, 0.15) is 47.7 Å². The highest BCUT2D eigenvalue weighted by Crippen LogP contribution is 2.31. The molecule has 2 aliphatic heterocycles. The summed E-state index contributed by atoms with van der Waals surface area (Å²) in [6, 6.07) is 12.6. The van der Waals surface area contributed by atoms with Gasteiger partial charge in [-0.1, -0.05) is 29.3 Å². The third-order valence-electron chi connectivity index (χ3n) is 6.90. The van der Waals surface area contributed by atoms with E-state index in [1.807, 2.05) is 51.1 Å².